The molecule has 0 aliphatic rings. The molecule has 0 saturated heterocycles. The van der Waals surface area contributed by atoms with Crippen molar-refractivity contribution < 1.29 is 4.79 Å². The molecule has 1 nitrogen and oxygen atoms in total. The molecule has 0 saturated carbocycles. The lowest BCUT2D eigenvalue weighted by molar-refractivity contribution is -0.121. The first kappa shape index (κ1) is 15.6. The minimum atomic E-state index is -0.172. The summed E-state index contributed by atoms with van der Waals surface area (Å²) < 4.78 is 0. The Bertz CT molecular complexity index is 671. The van der Waals surface area contributed by atoms with Gasteiger partial charge in [0.15, 0.2) is 0 Å². The van der Waals surface area contributed by atoms with Crippen LogP contribution < -0.4 is 0 Å². The SMILES string of the molecule is C#Cc1ccc(C(C)C(=O)C(C)c2ccc(C#C)cc2)cc1. The summed E-state index contributed by atoms with van der Waals surface area (Å²) >= 11 is 0. The average molecular weight is 286 g/mol. The van der Waals surface area contributed by atoms with Crippen LogP contribution in [0.3, 0.4) is 0 Å². The molecule has 0 aromatic heterocycles. The fourth-order valence-corrected chi connectivity index (χ4v) is 2.44. The fraction of sp³-hybridized carbons (Fsp3) is 0.190. The molecule has 2 aromatic carbocycles. The van der Waals surface area contributed by atoms with Crippen molar-refractivity contribution in [2.75, 3.05) is 0 Å². The number of hydrogen-bond acceptors (Lipinski definition) is 1. The van der Waals surface area contributed by atoms with Gasteiger partial charge in [0, 0.05) is 23.0 Å². The second-order valence-electron chi connectivity index (χ2n) is 5.38. The largest absolute Gasteiger partial charge is 0.298 e. The standard InChI is InChI=1S/C21H18O/c1-5-17-7-11-19(12-8-17)15(3)21(22)16(4)20-13-9-18(6-2)10-14-20/h1-2,7-16H,3-4H3. The van der Waals surface area contributed by atoms with Crippen molar-refractivity contribution >= 4 is 5.78 Å². The Morgan fingerprint density at radius 1 is 0.773 bits per heavy atom. The van der Waals surface area contributed by atoms with Crippen molar-refractivity contribution in [3.8, 4) is 24.7 Å². The minimum Gasteiger partial charge on any atom is -0.298 e. The first-order valence-corrected chi connectivity index (χ1v) is 7.23. The Morgan fingerprint density at radius 2 is 1.09 bits per heavy atom. The van der Waals surface area contributed by atoms with E-state index in [9.17, 15) is 4.79 Å². The third-order valence-electron chi connectivity index (χ3n) is 4.01. The molecule has 0 aliphatic carbocycles. The number of ketones is 1. The molecule has 22 heavy (non-hydrogen) atoms. The highest BCUT2D eigenvalue weighted by Crippen LogP contribution is 2.26. The lowest BCUT2D eigenvalue weighted by Crippen LogP contribution is -2.16. The number of benzene rings is 2. The quantitative estimate of drug-likeness (QED) is 0.773. The molecule has 2 atom stereocenters. The molecule has 0 fully saturated rings. The van der Waals surface area contributed by atoms with E-state index in [0.717, 1.165) is 22.3 Å². The second kappa shape index (κ2) is 6.79. The van der Waals surface area contributed by atoms with Crippen molar-refractivity contribution in [1.82, 2.24) is 0 Å². The predicted octanol–water partition coefficient (Wildman–Crippen LogP) is 4.13. The third-order valence-corrected chi connectivity index (χ3v) is 4.01. The summed E-state index contributed by atoms with van der Waals surface area (Å²) in [6.45, 7) is 3.86. The van der Waals surface area contributed by atoms with E-state index in [4.69, 9.17) is 12.8 Å². The summed E-state index contributed by atoms with van der Waals surface area (Å²) in [5.41, 5.74) is 3.61. The first-order valence-electron chi connectivity index (χ1n) is 7.23. The van der Waals surface area contributed by atoms with E-state index in [0.29, 0.717) is 0 Å². The van der Waals surface area contributed by atoms with Crippen LogP contribution in [0.4, 0.5) is 0 Å². The normalized spacial score (nSPS) is 12.7. The van der Waals surface area contributed by atoms with Crippen molar-refractivity contribution in [3.63, 3.8) is 0 Å². The Morgan fingerprint density at radius 3 is 1.36 bits per heavy atom. The molecule has 2 unspecified atom stereocenters. The molecule has 0 bridgehead atoms. The van der Waals surface area contributed by atoms with Crippen LogP contribution in [-0.2, 0) is 4.79 Å². The van der Waals surface area contributed by atoms with Crippen LogP contribution >= 0.6 is 0 Å². The summed E-state index contributed by atoms with van der Waals surface area (Å²) in [5, 5.41) is 0. The van der Waals surface area contributed by atoms with Crippen LogP contribution in [0.5, 0.6) is 0 Å². The number of hydrogen-bond donors (Lipinski definition) is 0. The Hall–Kier alpha value is -2.77. The molecule has 0 amide bonds. The minimum absolute atomic E-state index is 0.172. The zero-order valence-corrected chi connectivity index (χ0v) is 12.8. The number of terminal acetylenes is 2. The van der Waals surface area contributed by atoms with Gasteiger partial charge in [-0.3, -0.25) is 4.79 Å². The predicted molar refractivity (Wildman–Crippen MR) is 90.6 cm³/mol. The van der Waals surface area contributed by atoms with Crippen LogP contribution in [0.2, 0.25) is 0 Å². The maximum absolute atomic E-state index is 12.7. The van der Waals surface area contributed by atoms with Crippen LogP contribution in [0.25, 0.3) is 0 Å². The summed E-state index contributed by atoms with van der Waals surface area (Å²) in [6, 6.07) is 15.2. The van der Waals surface area contributed by atoms with Gasteiger partial charge in [-0.25, -0.2) is 0 Å². The summed E-state index contributed by atoms with van der Waals surface area (Å²) in [7, 11) is 0. The van der Waals surface area contributed by atoms with Gasteiger partial charge in [-0.15, -0.1) is 12.8 Å². The monoisotopic (exact) mass is 286 g/mol. The highest BCUT2D eigenvalue weighted by Gasteiger charge is 2.22. The van der Waals surface area contributed by atoms with Gasteiger partial charge in [-0.05, 0) is 35.4 Å². The Kier molecular flexibility index (Phi) is 4.82. The van der Waals surface area contributed by atoms with E-state index in [2.05, 4.69) is 11.8 Å². The maximum Gasteiger partial charge on any atom is 0.147 e. The van der Waals surface area contributed by atoms with Crippen molar-refractivity contribution in [2.45, 2.75) is 25.7 Å². The van der Waals surface area contributed by atoms with Crippen molar-refractivity contribution in [1.29, 1.82) is 0 Å². The Balaban J connectivity index is 2.18. The maximum atomic E-state index is 12.7. The smallest absolute Gasteiger partial charge is 0.147 e. The average Bonchev–Trinajstić information content (AvgIpc) is 2.60. The molecule has 0 radical (unpaired) electrons. The molecule has 0 aliphatic heterocycles. The van der Waals surface area contributed by atoms with Gasteiger partial charge in [0.05, 0.1) is 0 Å². The highest BCUT2D eigenvalue weighted by molar-refractivity contribution is 5.91. The molecule has 0 spiro atoms. The number of carbonyl (C=O) groups excluding carboxylic acids is 1. The van der Waals surface area contributed by atoms with Gasteiger partial charge >= 0.3 is 0 Å². The van der Waals surface area contributed by atoms with Gasteiger partial charge in [-0.2, -0.15) is 0 Å². The molecule has 0 heterocycles. The van der Waals surface area contributed by atoms with Gasteiger partial charge in [-0.1, -0.05) is 50.0 Å². The van der Waals surface area contributed by atoms with E-state index in [1.807, 2.05) is 62.4 Å². The van der Waals surface area contributed by atoms with Gasteiger partial charge in [0.1, 0.15) is 5.78 Å². The van der Waals surface area contributed by atoms with Crippen LogP contribution in [-0.4, -0.2) is 5.78 Å². The van der Waals surface area contributed by atoms with E-state index >= 15 is 0 Å². The van der Waals surface area contributed by atoms with Crippen LogP contribution in [0, 0.1) is 24.7 Å². The molecular weight excluding hydrogens is 268 g/mol. The Labute approximate surface area is 132 Å². The molecule has 0 N–H and O–H groups in total. The number of carbonyl (C=O) groups is 1. The lowest BCUT2D eigenvalue weighted by Gasteiger charge is -2.17. The summed E-state index contributed by atoms with van der Waals surface area (Å²) in [5.74, 6) is 5.00. The van der Waals surface area contributed by atoms with Gasteiger partial charge in [0.2, 0.25) is 0 Å². The first-order chi connectivity index (χ1) is 10.6. The van der Waals surface area contributed by atoms with Crippen molar-refractivity contribution in [3.05, 3.63) is 70.8 Å². The summed E-state index contributed by atoms with van der Waals surface area (Å²) in [6.07, 6.45) is 10.7. The van der Waals surface area contributed by atoms with Gasteiger partial charge < -0.3 is 0 Å². The second-order valence-corrected chi connectivity index (χ2v) is 5.38. The van der Waals surface area contributed by atoms with Crippen LogP contribution in [0.15, 0.2) is 48.5 Å². The molecule has 1 heteroatoms. The van der Waals surface area contributed by atoms with Gasteiger partial charge in [0.25, 0.3) is 0 Å². The third kappa shape index (κ3) is 3.27. The zero-order chi connectivity index (χ0) is 16.1. The number of rotatable bonds is 4. The van der Waals surface area contributed by atoms with Crippen molar-refractivity contribution in [2.24, 2.45) is 0 Å². The van der Waals surface area contributed by atoms with E-state index in [-0.39, 0.29) is 17.6 Å². The van der Waals surface area contributed by atoms with E-state index < -0.39 is 0 Å². The number of Topliss-reactive ketones (excluding diaryl/α,β-unsaturated/α-hetero) is 1. The lowest BCUT2D eigenvalue weighted by atomic mass is 9.85. The molecule has 108 valence electrons. The molecule has 2 rings (SSSR count). The van der Waals surface area contributed by atoms with Crippen LogP contribution in [0.1, 0.15) is 47.9 Å². The van der Waals surface area contributed by atoms with E-state index in [1.54, 1.807) is 0 Å². The topological polar surface area (TPSA) is 17.1 Å². The fourth-order valence-electron chi connectivity index (χ4n) is 2.44. The molecule has 2 aromatic rings. The molecular formula is C21H18O. The van der Waals surface area contributed by atoms with E-state index in [1.165, 1.54) is 0 Å². The summed E-state index contributed by atoms with van der Waals surface area (Å²) in [4.78, 5) is 12.7. The zero-order valence-electron chi connectivity index (χ0n) is 12.8. The highest BCUT2D eigenvalue weighted by atomic mass is 16.1.